The lowest BCUT2D eigenvalue weighted by molar-refractivity contribution is 0.473. The van der Waals surface area contributed by atoms with Crippen LogP contribution in [0.5, 0.6) is 0 Å². The van der Waals surface area contributed by atoms with E-state index in [1.54, 1.807) is 0 Å². The molecule has 0 saturated heterocycles. The highest BCUT2D eigenvalue weighted by Gasteiger charge is 2.20. The fourth-order valence-corrected chi connectivity index (χ4v) is 3.59. The van der Waals surface area contributed by atoms with E-state index in [1.807, 2.05) is 30.0 Å². The molecule has 1 aliphatic rings. The fourth-order valence-electron chi connectivity index (χ4n) is 2.37. The highest BCUT2D eigenvalue weighted by Crippen LogP contribution is 2.29. The van der Waals surface area contributed by atoms with E-state index in [2.05, 4.69) is 33.6 Å². The molecule has 0 unspecified atom stereocenters. The Bertz CT molecular complexity index is 448. The lowest BCUT2D eigenvalue weighted by Gasteiger charge is -2.28. The maximum absolute atomic E-state index is 8.88. The second kappa shape index (κ2) is 6.49. The van der Waals surface area contributed by atoms with Crippen molar-refractivity contribution in [1.82, 2.24) is 0 Å². The minimum atomic E-state index is 0.577. The van der Waals surface area contributed by atoms with Gasteiger partial charge in [-0.1, -0.05) is 0 Å². The van der Waals surface area contributed by atoms with Crippen LogP contribution in [0.2, 0.25) is 0 Å². The molecule has 0 aromatic heterocycles. The van der Waals surface area contributed by atoms with Crippen LogP contribution in [0.25, 0.3) is 0 Å². The number of nitriles is 1. The van der Waals surface area contributed by atoms with Gasteiger partial charge in [0.1, 0.15) is 6.07 Å². The van der Waals surface area contributed by atoms with Crippen molar-refractivity contribution < 1.29 is 0 Å². The lowest BCUT2D eigenvalue weighted by Crippen LogP contribution is -2.27. The number of rotatable bonds is 3. The number of anilines is 1. The summed E-state index contributed by atoms with van der Waals surface area (Å²) in [4.78, 5) is 0. The molecule has 2 nitrogen and oxygen atoms in total. The number of nitrogens with one attached hydrogen (secondary N) is 1. The van der Waals surface area contributed by atoms with Gasteiger partial charge in [-0.15, -0.1) is 0 Å². The van der Waals surface area contributed by atoms with Crippen LogP contribution in [0.4, 0.5) is 5.69 Å². The molecular formula is C14H17BrN2S. The van der Waals surface area contributed by atoms with Gasteiger partial charge >= 0.3 is 0 Å². The molecule has 2 rings (SSSR count). The van der Waals surface area contributed by atoms with E-state index in [0.717, 1.165) is 15.4 Å². The van der Waals surface area contributed by atoms with Gasteiger partial charge in [0, 0.05) is 21.5 Å². The third-order valence-corrected chi connectivity index (χ3v) is 5.26. The van der Waals surface area contributed by atoms with Crippen molar-refractivity contribution in [3.63, 3.8) is 0 Å². The molecule has 0 radical (unpaired) electrons. The van der Waals surface area contributed by atoms with E-state index in [4.69, 9.17) is 5.26 Å². The fraction of sp³-hybridized carbons (Fsp3) is 0.500. The van der Waals surface area contributed by atoms with E-state index < -0.39 is 0 Å². The molecule has 1 N–H and O–H groups in total. The van der Waals surface area contributed by atoms with Gasteiger partial charge in [-0.3, -0.25) is 0 Å². The van der Waals surface area contributed by atoms with E-state index >= 15 is 0 Å². The van der Waals surface area contributed by atoms with Crippen LogP contribution in [0.1, 0.15) is 31.2 Å². The maximum Gasteiger partial charge on any atom is 0.100 e. The van der Waals surface area contributed by atoms with Gasteiger partial charge in [-0.05, 0) is 66.1 Å². The summed E-state index contributed by atoms with van der Waals surface area (Å²) in [6.07, 6.45) is 7.29. The van der Waals surface area contributed by atoms with Crippen LogP contribution in [0, 0.1) is 11.3 Å². The minimum Gasteiger partial charge on any atom is -0.382 e. The Labute approximate surface area is 121 Å². The largest absolute Gasteiger partial charge is 0.382 e. The molecule has 1 aromatic carbocycles. The molecule has 0 heterocycles. The standard InChI is InChI=1S/C14H17BrN2S/c1-18-13-6-4-11(5-7-13)17-12-3-2-10(9-16)14(15)8-12/h2-3,8,11,13,17H,4-7H2,1H3. The van der Waals surface area contributed by atoms with E-state index in [1.165, 1.54) is 25.7 Å². The molecule has 0 bridgehead atoms. The first kappa shape index (κ1) is 13.8. The van der Waals surface area contributed by atoms with Gasteiger partial charge in [0.05, 0.1) is 5.56 Å². The van der Waals surface area contributed by atoms with E-state index in [0.29, 0.717) is 11.6 Å². The molecule has 1 aromatic rings. The summed E-state index contributed by atoms with van der Waals surface area (Å²) < 4.78 is 0.868. The van der Waals surface area contributed by atoms with Crippen LogP contribution < -0.4 is 5.32 Å². The number of thioether (sulfide) groups is 1. The average Bonchev–Trinajstić information content (AvgIpc) is 2.40. The van der Waals surface area contributed by atoms with Gasteiger partial charge in [-0.2, -0.15) is 17.0 Å². The van der Waals surface area contributed by atoms with E-state index in [9.17, 15) is 0 Å². The Hall–Kier alpha value is -0.660. The highest BCUT2D eigenvalue weighted by molar-refractivity contribution is 9.10. The Morgan fingerprint density at radius 1 is 1.33 bits per heavy atom. The number of nitrogens with zero attached hydrogens (tertiary/aromatic N) is 1. The molecule has 1 fully saturated rings. The van der Waals surface area contributed by atoms with Crippen molar-refractivity contribution in [2.75, 3.05) is 11.6 Å². The van der Waals surface area contributed by atoms with E-state index in [-0.39, 0.29) is 0 Å². The molecule has 96 valence electrons. The van der Waals surface area contributed by atoms with Crippen molar-refractivity contribution in [1.29, 1.82) is 5.26 Å². The Balaban J connectivity index is 1.94. The molecule has 4 heteroatoms. The second-order valence-electron chi connectivity index (χ2n) is 4.66. The van der Waals surface area contributed by atoms with Crippen molar-refractivity contribution in [3.8, 4) is 6.07 Å². The first-order valence-corrected chi connectivity index (χ1v) is 8.30. The van der Waals surface area contributed by atoms with Crippen LogP contribution in [-0.2, 0) is 0 Å². The Morgan fingerprint density at radius 2 is 2.06 bits per heavy atom. The van der Waals surface area contributed by atoms with Crippen molar-refractivity contribution in [2.45, 2.75) is 37.0 Å². The summed E-state index contributed by atoms with van der Waals surface area (Å²) in [5.41, 5.74) is 1.79. The molecule has 1 aliphatic carbocycles. The summed E-state index contributed by atoms with van der Waals surface area (Å²) in [5, 5.41) is 13.3. The molecular weight excluding hydrogens is 308 g/mol. The first-order valence-electron chi connectivity index (χ1n) is 6.22. The van der Waals surface area contributed by atoms with Gasteiger partial charge < -0.3 is 5.32 Å². The summed E-state index contributed by atoms with van der Waals surface area (Å²) in [6, 6.07) is 8.59. The number of halogens is 1. The maximum atomic E-state index is 8.88. The zero-order valence-electron chi connectivity index (χ0n) is 10.4. The van der Waals surface area contributed by atoms with Crippen molar-refractivity contribution >= 4 is 33.4 Å². The van der Waals surface area contributed by atoms with Crippen molar-refractivity contribution in [3.05, 3.63) is 28.2 Å². The van der Waals surface area contributed by atoms with Crippen LogP contribution >= 0.6 is 27.7 Å². The third kappa shape index (κ3) is 3.43. The van der Waals surface area contributed by atoms with Gasteiger partial charge in [0.25, 0.3) is 0 Å². The van der Waals surface area contributed by atoms with Gasteiger partial charge in [-0.25, -0.2) is 0 Å². The number of benzene rings is 1. The number of hydrogen-bond acceptors (Lipinski definition) is 3. The zero-order chi connectivity index (χ0) is 13.0. The van der Waals surface area contributed by atoms with Gasteiger partial charge in [0.2, 0.25) is 0 Å². The minimum absolute atomic E-state index is 0.577. The topological polar surface area (TPSA) is 35.8 Å². The molecule has 18 heavy (non-hydrogen) atoms. The zero-order valence-corrected chi connectivity index (χ0v) is 12.9. The normalized spacial score (nSPS) is 23.4. The molecule has 0 amide bonds. The summed E-state index contributed by atoms with van der Waals surface area (Å²) in [7, 11) is 0. The monoisotopic (exact) mass is 324 g/mol. The summed E-state index contributed by atoms with van der Waals surface area (Å²) in [5.74, 6) is 0. The lowest BCUT2D eigenvalue weighted by atomic mass is 9.95. The Kier molecular flexibility index (Phi) is 4.96. The summed E-state index contributed by atoms with van der Waals surface area (Å²) >= 11 is 5.42. The smallest absolute Gasteiger partial charge is 0.100 e. The van der Waals surface area contributed by atoms with Gasteiger partial charge in [0.15, 0.2) is 0 Å². The molecule has 0 atom stereocenters. The van der Waals surface area contributed by atoms with Crippen molar-refractivity contribution in [2.24, 2.45) is 0 Å². The highest BCUT2D eigenvalue weighted by atomic mass is 79.9. The first-order chi connectivity index (χ1) is 8.72. The predicted octanol–water partition coefficient (Wildman–Crippen LogP) is 4.41. The second-order valence-corrected chi connectivity index (χ2v) is 6.65. The molecule has 0 spiro atoms. The van der Waals surface area contributed by atoms with Crippen LogP contribution in [0.3, 0.4) is 0 Å². The quantitative estimate of drug-likeness (QED) is 0.894. The summed E-state index contributed by atoms with van der Waals surface area (Å²) in [6.45, 7) is 0. The van der Waals surface area contributed by atoms with Crippen LogP contribution in [-0.4, -0.2) is 17.5 Å². The van der Waals surface area contributed by atoms with Crippen LogP contribution in [0.15, 0.2) is 22.7 Å². The molecule has 1 saturated carbocycles. The predicted molar refractivity (Wildman–Crippen MR) is 82.0 cm³/mol. The third-order valence-electron chi connectivity index (χ3n) is 3.47. The average molecular weight is 325 g/mol. The Morgan fingerprint density at radius 3 is 2.61 bits per heavy atom. The SMILES string of the molecule is CSC1CCC(Nc2ccc(C#N)c(Br)c2)CC1. The number of hydrogen-bond donors (Lipinski definition) is 1. The molecule has 0 aliphatic heterocycles.